The molecule has 1 aromatic heterocycles. The first kappa shape index (κ1) is 26.4. The van der Waals surface area contributed by atoms with Gasteiger partial charge in [-0.15, -0.1) is 0 Å². The van der Waals surface area contributed by atoms with Crippen LogP contribution in [0.1, 0.15) is 12.8 Å². The number of carbonyl (C=O) groups is 1. The SMILES string of the molecule is C=CC(=O)Nc1cccc(Nc2nc(Nc3ccc(OCCSC(=S)N4CCCC4)cc3)ncc2F)c1. The van der Waals surface area contributed by atoms with Crippen molar-refractivity contribution in [2.75, 3.05) is 41.4 Å². The zero-order valence-corrected chi connectivity index (χ0v) is 21.7. The number of carbonyl (C=O) groups excluding carboxylic acids is 1. The number of hydrogen-bond donors (Lipinski definition) is 3. The van der Waals surface area contributed by atoms with Gasteiger partial charge >= 0.3 is 0 Å². The lowest BCUT2D eigenvalue weighted by Gasteiger charge is -2.17. The number of ether oxygens (including phenoxy) is 1. The van der Waals surface area contributed by atoms with E-state index in [1.54, 1.807) is 36.0 Å². The highest BCUT2D eigenvalue weighted by atomic mass is 32.2. The summed E-state index contributed by atoms with van der Waals surface area (Å²) in [5, 5.41) is 8.64. The molecule has 0 radical (unpaired) electrons. The van der Waals surface area contributed by atoms with Crippen molar-refractivity contribution in [1.29, 1.82) is 0 Å². The van der Waals surface area contributed by atoms with Crippen LogP contribution in [-0.2, 0) is 4.79 Å². The van der Waals surface area contributed by atoms with Crippen LogP contribution >= 0.6 is 24.0 Å². The van der Waals surface area contributed by atoms with Crippen molar-refractivity contribution in [3.63, 3.8) is 0 Å². The molecule has 1 amide bonds. The molecule has 1 aliphatic rings. The molecule has 0 atom stereocenters. The van der Waals surface area contributed by atoms with Gasteiger partial charge in [-0.05, 0) is 61.4 Å². The van der Waals surface area contributed by atoms with Crippen LogP contribution in [-0.4, -0.2) is 50.5 Å². The normalized spacial score (nSPS) is 12.6. The average Bonchev–Trinajstić information content (AvgIpc) is 3.45. The summed E-state index contributed by atoms with van der Waals surface area (Å²) >= 11 is 7.12. The molecule has 1 fully saturated rings. The summed E-state index contributed by atoms with van der Waals surface area (Å²) in [6, 6.07) is 14.2. The maximum Gasteiger partial charge on any atom is 0.247 e. The molecule has 0 unspecified atom stereocenters. The van der Waals surface area contributed by atoms with Crippen LogP contribution in [0, 0.1) is 5.82 Å². The topological polar surface area (TPSA) is 91.4 Å². The lowest BCUT2D eigenvalue weighted by atomic mass is 10.2. The molecule has 4 rings (SSSR count). The third kappa shape index (κ3) is 7.89. The lowest BCUT2D eigenvalue weighted by Crippen LogP contribution is -2.24. The summed E-state index contributed by atoms with van der Waals surface area (Å²) in [6.07, 6.45) is 4.68. The van der Waals surface area contributed by atoms with Crippen LogP contribution in [0.15, 0.2) is 67.4 Å². The van der Waals surface area contributed by atoms with Gasteiger partial charge in [0.25, 0.3) is 0 Å². The van der Waals surface area contributed by atoms with Gasteiger partial charge < -0.3 is 25.6 Å². The Balaban J connectivity index is 1.30. The van der Waals surface area contributed by atoms with Gasteiger partial charge in [0, 0.05) is 35.9 Å². The Kier molecular flexibility index (Phi) is 9.28. The third-order valence-electron chi connectivity index (χ3n) is 5.37. The summed E-state index contributed by atoms with van der Waals surface area (Å²) in [4.78, 5) is 22.0. The number of nitrogens with one attached hydrogen (secondary N) is 3. The van der Waals surface area contributed by atoms with Crippen molar-refractivity contribution in [2.45, 2.75) is 12.8 Å². The van der Waals surface area contributed by atoms with E-state index in [1.165, 1.54) is 18.9 Å². The maximum atomic E-state index is 14.4. The van der Waals surface area contributed by atoms with Gasteiger partial charge in [-0.2, -0.15) is 4.98 Å². The standard InChI is InChI=1S/C26H27FN6O2S2/c1-2-23(34)29-19-6-5-7-20(16-19)30-24-22(27)17-28-25(32-24)31-18-8-10-21(11-9-18)35-14-15-37-26(36)33-12-3-4-13-33/h2,5-11,16-17H,1,3-4,12-15H2,(H,29,34)(H2,28,30,31,32). The Hall–Kier alpha value is -3.70. The number of likely N-dealkylation sites (tertiary alicyclic amines) is 1. The first-order valence-electron chi connectivity index (χ1n) is 11.7. The van der Waals surface area contributed by atoms with Gasteiger partial charge in [-0.1, -0.05) is 36.6 Å². The number of thiocarbonyl (C=S) groups is 1. The molecule has 0 bridgehead atoms. The molecule has 3 N–H and O–H groups in total. The van der Waals surface area contributed by atoms with Crippen LogP contribution in [0.4, 0.5) is 33.2 Å². The summed E-state index contributed by atoms with van der Waals surface area (Å²) in [6.45, 7) is 6.09. The molecular weight excluding hydrogens is 511 g/mol. The van der Waals surface area contributed by atoms with E-state index in [0.29, 0.717) is 18.0 Å². The van der Waals surface area contributed by atoms with Gasteiger partial charge in [0.05, 0.1) is 12.8 Å². The molecule has 3 aromatic rings. The fourth-order valence-corrected chi connectivity index (χ4v) is 4.70. The molecule has 2 heterocycles. The predicted molar refractivity (Wildman–Crippen MR) is 152 cm³/mol. The second-order valence-corrected chi connectivity index (χ2v) is 9.82. The van der Waals surface area contributed by atoms with Crippen LogP contribution in [0.25, 0.3) is 0 Å². The van der Waals surface area contributed by atoms with Gasteiger partial charge in [-0.25, -0.2) is 9.37 Å². The van der Waals surface area contributed by atoms with Crippen molar-refractivity contribution >= 4 is 63.0 Å². The molecule has 1 aliphatic heterocycles. The highest BCUT2D eigenvalue weighted by molar-refractivity contribution is 8.22. The zero-order chi connectivity index (χ0) is 26.0. The molecule has 0 aliphatic carbocycles. The van der Waals surface area contributed by atoms with Crippen molar-refractivity contribution in [3.8, 4) is 5.75 Å². The van der Waals surface area contributed by atoms with Gasteiger partial charge in [0.15, 0.2) is 11.6 Å². The number of nitrogens with zero attached hydrogens (tertiary/aromatic N) is 3. The number of rotatable bonds is 10. The minimum absolute atomic E-state index is 0.00556. The Bertz CT molecular complexity index is 1250. The van der Waals surface area contributed by atoms with Crippen molar-refractivity contribution in [1.82, 2.24) is 14.9 Å². The van der Waals surface area contributed by atoms with E-state index in [0.717, 1.165) is 40.8 Å². The second-order valence-electron chi connectivity index (χ2n) is 8.10. The Morgan fingerprint density at radius 1 is 1.14 bits per heavy atom. The minimum Gasteiger partial charge on any atom is -0.493 e. The van der Waals surface area contributed by atoms with E-state index >= 15 is 0 Å². The molecule has 2 aromatic carbocycles. The molecule has 0 saturated carbocycles. The van der Waals surface area contributed by atoms with Crippen LogP contribution in [0.3, 0.4) is 0 Å². The Morgan fingerprint density at radius 2 is 1.89 bits per heavy atom. The van der Waals surface area contributed by atoms with Gasteiger partial charge in [0.2, 0.25) is 11.9 Å². The van der Waals surface area contributed by atoms with Gasteiger partial charge in [-0.3, -0.25) is 4.79 Å². The summed E-state index contributed by atoms with van der Waals surface area (Å²) in [7, 11) is 0. The highest BCUT2D eigenvalue weighted by Crippen LogP contribution is 2.24. The molecular formula is C26H27FN6O2S2. The molecule has 1 saturated heterocycles. The Labute approximate surface area is 224 Å². The number of benzene rings is 2. The average molecular weight is 539 g/mol. The summed E-state index contributed by atoms with van der Waals surface area (Å²) in [5.41, 5.74) is 1.81. The number of amides is 1. The van der Waals surface area contributed by atoms with Crippen LogP contribution in [0.2, 0.25) is 0 Å². The zero-order valence-electron chi connectivity index (χ0n) is 20.1. The molecule has 8 nitrogen and oxygen atoms in total. The van der Waals surface area contributed by atoms with E-state index in [9.17, 15) is 9.18 Å². The number of aromatic nitrogens is 2. The molecule has 11 heteroatoms. The quantitative estimate of drug-likeness (QED) is 0.170. The predicted octanol–water partition coefficient (Wildman–Crippen LogP) is 5.72. The van der Waals surface area contributed by atoms with E-state index in [1.807, 2.05) is 24.3 Å². The van der Waals surface area contributed by atoms with Gasteiger partial charge in [0.1, 0.15) is 10.1 Å². The lowest BCUT2D eigenvalue weighted by molar-refractivity contribution is -0.111. The first-order valence-corrected chi connectivity index (χ1v) is 13.1. The smallest absolute Gasteiger partial charge is 0.247 e. The fraction of sp³-hybridized carbons (Fsp3) is 0.231. The van der Waals surface area contributed by atoms with E-state index < -0.39 is 5.82 Å². The molecule has 37 heavy (non-hydrogen) atoms. The van der Waals surface area contributed by atoms with Crippen LogP contribution < -0.4 is 20.7 Å². The van der Waals surface area contributed by atoms with Crippen molar-refractivity contribution in [2.24, 2.45) is 0 Å². The number of halogens is 1. The summed E-state index contributed by atoms with van der Waals surface area (Å²) < 4.78 is 21.1. The minimum atomic E-state index is -0.614. The third-order valence-corrected chi connectivity index (χ3v) is 6.86. The fourth-order valence-electron chi connectivity index (χ4n) is 3.56. The van der Waals surface area contributed by atoms with E-state index in [4.69, 9.17) is 17.0 Å². The molecule has 192 valence electrons. The van der Waals surface area contributed by atoms with E-state index in [-0.39, 0.29) is 17.7 Å². The van der Waals surface area contributed by atoms with Crippen molar-refractivity contribution < 1.29 is 13.9 Å². The second kappa shape index (κ2) is 13.0. The van der Waals surface area contributed by atoms with Crippen molar-refractivity contribution in [3.05, 3.63) is 73.2 Å². The number of thioether (sulfide) groups is 1. The van der Waals surface area contributed by atoms with E-state index in [2.05, 4.69) is 37.4 Å². The van der Waals surface area contributed by atoms with Crippen LogP contribution in [0.5, 0.6) is 5.75 Å². The summed E-state index contributed by atoms with van der Waals surface area (Å²) in [5.74, 6) is 0.794. The first-order chi connectivity index (χ1) is 18.0. The largest absolute Gasteiger partial charge is 0.493 e. The molecule has 0 spiro atoms. The number of hydrogen-bond acceptors (Lipinski definition) is 8. The number of anilines is 5. The monoisotopic (exact) mass is 538 g/mol. The Morgan fingerprint density at radius 3 is 2.65 bits per heavy atom. The highest BCUT2D eigenvalue weighted by Gasteiger charge is 2.14. The maximum absolute atomic E-state index is 14.4.